The van der Waals surface area contributed by atoms with Crippen LogP contribution in [-0.2, 0) is 11.2 Å². The molecule has 1 aromatic carbocycles. The van der Waals surface area contributed by atoms with Crippen LogP contribution in [0.4, 0.5) is 23.3 Å². The second kappa shape index (κ2) is 8.60. The molecule has 29 heavy (non-hydrogen) atoms. The van der Waals surface area contributed by atoms with Crippen molar-refractivity contribution in [1.82, 2.24) is 9.97 Å². The summed E-state index contributed by atoms with van der Waals surface area (Å²) in [5.74, 6) is 1.32. The van der Waals surface area contributed by atoms with Crippen molar-refractivity contribution in [3.05, 3.63) is 46.0 Å². The fraction of sp³-hybridized carbons (Fsp3) is 0.500. The number of aromatic nitrogens is 2. The van der Waals surface area contributed by atoms with E-state index in [9.17, 15) is 10.1 Å². The molecule has 2 aliphatic rings. The van der Waals surface area contributed by atoms with Crippen molar-refractivity contribution in [2.24, 2.45) is 5.92 Å². The van der Waals surface area contributed by atoms with E-state index in [1.807, 2.05) is 11.0 Å². The Morgan fingerprint density at radius 1 is 1.07 bits per heavy atom. The fourth-order valence-electron chi connectivity index (χ4n) is 4.04. The molecule has 154 valence electrons. The third-order valence-electron chi connectivity index (χ3n) is 5.64. The SMILES string of the molecule is Nc1nc(N2CCC(Cc3ccccc3)CC2)nc(N2CCOCC2)c1[N+](=O)[O-]. The van der Waals surface area contributed by atoms with E-state index in [1.165, 1.54) is 5.56 Å². The molecule has 2 aliphatic heterocycles. The van der Waals surface area contributed by atoms with Crippen LogP contribution in [0, 0.1) is 16.0 Å². The highest BCUT2D eigenvalue weighted by molar-refractivity contribution is 5.71. The summed E-state index contributed by atoms with van der Waals surface area (Å²) < 4.78 is 5.36. The Bertz CT molecular complexity index is 849. The molecule has 0 bridgehead atoms. The van der Waals surface area contributed by atoms with Crippen LogP contribution in [-0.4, -0.2) is 54.3 Å². The maximum atomic E-state index is 11.6. The number of piperidine rings is 1. The third kappa shape index (κ3) is 4.40. The topological polar surface area (TPSA) is 111 Å². The van der Waals surface area contributed by atoms with Crippen LogP contribution in [0.3, 0.4) is 0 Å². The molecule has 0 atom stereocenters. The number of anilines is 3. The maximum absolute atomic E-state index is 11.6. The number of nitrogen functional groups attached to an aromatic ring is 1. The van der Waals surface area contributed by atoms with Gasteiger partial charge in [0.25, 0.3) is 0 Å². The number of nitrogens with zero attached hydrogens (tertiary/aromatic N) is 5. The van der Waals surface area contributed by atoms with Gasteiger partial charge in [0.15, 0.2) is 0 Å². The Labute approximate surface area is 169 Å². The summed E-state index contributed by atoms with van der Waals surface area (Å²) in [6.07, 6.45) is 3.13. The monoisotopic (exact) mass is 398 g/mol. The standard InChI is InChI=1S/C20H26N6O3/c21-18-17(26(27)28)19(24-10-12-29-13-11-24)23-20(22-18)25-8-6-16(7-9-25)14-15-4-2-1-3-5-15/h1-5,16H,6-14H2,(H2,21,22,23). The van der Waals surface area contributed by atoms with E-state index in [4.69, 9.17) is 10.5 Å². The van der Waals surface area contributed by atoms with E-state index in [-0.39, 0.29) is 11.5 Å². The molecule has 9 nitrogen and oxygen atoms in total. The lowest BCUT2D eigenvalue weighted by molar-refractivity contribution is -0.383. The van der Waals surface area contributed by atoms with Gasteiger partial charge in [-0.05, 0) is 30.7 Å². The maximum Gasteiger partial charge on any atom is 0.353 e. The summed E-state index contributed by atoms with van der Waals surface area (Å²) in [4.78, 5) is 23.9. The molecule has 0 saturated carbocycles. The lowest BCUT2D eigenvalue weighted by Crippen LogP contribution is -2.39. The third-order valence-corrected chi connectivity index (χ3v) is 5.64. The average molecular weight is 398 g/mol. The smallest absolute Gasteiger partial charge is 0.353 e. The summed E-state index contributed by atoms with van der Waals surface area (Å²) in [6.45, 7) is 3.77. The Balaban J connectivity index is 1.50. The van der Waals surface area contributed by atoms with E-state index in [1.54, 1.807) is 0 Å². The van der Waals surface area contributed by atoms with Crippen LogP contribution in [0.5, 0.6) is 0 Å². The number of nitro groups is 1. The summed E-state index contributed by atoms with van der Waals surface area (Å²) in [5.41, 5.74) is 7.13. The van der Waals surface area contributed by atoms with Crippen LogP contribution in [0.1, 0.15) is 18.4 Å². The first-order chi connectivity index (χ1) is 14.1. The van der Waals surface area contributed by atoms with Gasteiger partial charge in [0.05, 0.1) is 18.1 Å². The Hall–Kier alpha value is -2.94. The minimum atomic E-state index is -0.490. The molecular formula is C20H26N6O3. The van der Waals surface area contributed by atoms with Crippen LogP contribution in [0.25, 0.3) is 0 Å². The van der Waals surface area contributed by atoms with E-state index in [2.05, 4.69) is 39.1 Å². The second-order valence-corrected chi connectivity index (χ2v) is 7.56. The van der Waals surface area contributed by atoms with Gasteiger partial charge in [-0.1, -0.05) is 30.3 Å². The van der Waals surface area contributed by atoms with Gasteiger partial charge in [-0.2, -0.15) is 9.97 Å². The van der Waals surface area contributed by atoms with Gasteiger partial charge in [0.2, 0.25) is 17.6 Å². The van der Waals surface area contributed by atoms with Crippen molar-refractivity contribution in [1.29, 1.82) is 0 Å². The largest absolute Gasteiger partial charge is 0.378 e. The van der Waals surface area contributed by atoms with Gasteiger partial charge in [0, 0.05) is 26.2 Å². The first kappa shape index (κ1) is 19.4. The van der Waals surface area contributed by atoms with Gasteiger partial charge in [-0.15, -0.1) is 0 Å². The van der Waals surface area contributed by atoms with Crippen LogP contribution in [0.2, 0.25) is 0 Å². The van der Waals surface area contributed by atoms with Crippen molar-refractivity contribution in [3.8, 4) is 0 Å². The summed E-state index contributed by atoms with van der Waals surface area (Å²) in [7, 11) is 0. The molecule has 9 heteroatoms. The zero-order valence-corrected chi connectivity index (χ0v) is 16.4. The molecular weight excluding hydrogens is 372 g/mol. The Kier molecular flexibility index (Phi) is 5.75. The molecule has 0 aliphatic carbocycles. The molecule has 2 N–H and O–H groups in total. The van der Waals surface area contributed by atoms with Crippen molar-refractivity contribution >= 4 is 23.3 Å². The van der Waals surface area contributed by atoms with E-state index >= 15 is 0 Å². The zero-order chi connectivity index (χ0) is 20.2. The number of nitrogens with two attached hydrogens (primary N) is 1. The van der Waals surface area contributed by atoms with E-state index in [0.717, 1.165) is 32.4 Å². The minimum Gasteiger partial charge on any atom is -0.378 e. The predicted molar refractivity (Wildman–Crippen MR) is 111 cm³/mol. The highest BCUT2D eigenvalue weighted by atomic mass is 16.6. The van der Waals surface area contributed by atoms with Crippen LogP contribution >= 0.6 is 0 Å². The fourth-order valence-corrected chi connectivity index (χ4v) is 4.04. The first-order valence-corrected chi connectivity index (χ1v) is 10.1. The number of ether oxygens (including phenoxy) is 1. The molecule has 2 fully saturated rings. The lowest BCUT2D eigenvalue weighted by Gasteiger charge is -2.33. The number of hydrogen-bond donors (Lipinski definition) is 1. The van der Waals surface area contributed by atoms with Gasteiger partial charge >= 0.3 is 5.69 Å². The number of rotatable bonds is 5. The van der Waals surface area contributed by atoms with Crippen LogP contribution in [0.15, 0.2) is 30.3 Å². The molecule has 2 saturated heterocycles. The quantitative estimate of drug-likeness (QED) is 0.603. The molecule has 0 amide bonds. The van der Waals surface area contributed by atoms with Gasteiger partial charge in [-0.25, -0.2) is 0 Å². The van der Waals surface area contributed by atoms with Crippen molar-refractivity contribution in [2.75, 3.05) is 54.9 Å². The first-order valence-electron chi connectivity index (χ1n) is 10.1. The number of hydrogen-bond acceptors (Lipinski definition) is 8. The minimum absolute atomic E-state index is 0.0760. The van der Waals surface area contributed by atoms with Gasteiger partial charge in [-0.3, -0.25) is 10.1 Å². The van der Waals surface area contributed by atoms with Gasteiger partial charge < -0.3 is 20.3 Å². The molecule has 4 rings (SSSR count). The summed E-state index contributed by atoms with van der Waals surface area (Å²) in [5, 5.41) is 11.6. The van der Waals surface area contributed by atoms with E-state index < -0.39 is 4.92 Å². The molecule has 2 aromatic rings. The molecule has 0 unspecified atom stereocenters. The summed E-state index contributed by atoms with van der Waals surface area (Å²) >= 11 is 0. The predicted octanol–water partition coefficient (Wildman–Crippen LogP) is 2.26. The van der Waals surface area contributed by atoms with Crippen LogP contribution < -0.4 is 15.5 Å². The molecule has 3 heterocycles. The average Bonchev–Trinajstić information content (AvgIpc) is 2.75. The Morgan fingerprint density at radius 2 is 1.76 bits per heavy atom. The summed E-state index contributed by atoms with van der Waals surface area (Å²) in [6, 6.07) is 10.5. The van der Waals surface area contributed by atoms with Crippen molar-refractivity contribution < 1.29 is 9.66 Å². The van der Waals surface area contributed by atoms with Gasteiger partial charge in [0.1, 0.15) is 0 Å². The molecule has 0 spiro atoms. The van der Waals surface area contributed by atoms with E-state index in [0.29, 0.717) is 44.0 Å². The highest BCUT2D eigenvalue weighted by Crippen LogP contribution is 2.34. The van der Waals surface area contributed by atoms with Crippen molar-refractivity contribution in [3.63, 3.8) is 0 Å². The lowest BCUT2D eigenvalue weighted by atomic mass is 9.90. The zero-order valence-electron chi connectivity index (χ0n) is 16.4. The second-order valence-electron chi connectivity index (χ2n) is 7.56. The van der Waals surface area contributed by atoms with Crippen molar-refractivity contribution in [2.45, 2.75) is 19.3 Å². The highest BCUT2D eigenvalue weighted by Gasteiger charge is 2.30. The normalized spacial score (nSPS) is 18.1. The molecule has 1 aromatic heterocycles. The Morgan fingerprint density at radius 3 is 2.41 bits per heavy atom. The molecule has 0 radical (unpaired) electrons. The number of morpholine rings is 1. The number of benzene rings is 1.